The minimum atomic E-state index is -3.89. The van der Waals surface area contributed by atoms with Crippen LogP contribution in [0.25, 0.3) is 0 Å². The Labute approximate surface area is 167 Å². The van der Waals surface area contributed by atoms with Gasteiger partial charge in [-0.3, -0.25) is 9.52 Å². The van der Waals surface area contributed by atoms with Gasteiger partial charge in [-0.1, -0.05) is 12.1 Å². The van der Waals surface area contributed by atoms with Crippen molar-refractivity contribution < 1.29 is 17.9 Å². The molecule has 0 unspecified atom stereocenters. The zero-order valence-electron chi connectivity index (χ0n) is 15.3. The lowest BCUT2D eigenvalue weighted by atomic mass is 10.1. The fraction of sp³-hybridized carbons (Fsp3) is 0.316. The molecule has 0 saturated carbocycles. The highest BCUT2D eigenvalue weighted by atomic mass is 79.9. The van der Waals surface area contributed by atoms with Crippen LogP contribution in [0.5, 0.6) is 5.75 Å². The Balaban J connectivity index is 2.03. The number of hydrogen-bond acceptors (Lipinski definition) is 4. The SMILES string of the molecule is CCOc1ccccc1NS(=O)(=O)c1cc2c(cc1Br)C[C@@H](C)N2C(C)=O. The summed E-state index contributed by atoms with van der Waals surface area (Å²) < 4.78 is 34.6. The molecule has 0 spiro atoms. The van der Waals surface area contributed by atoms with Crippen LogP contribution < -0.4 is 14.4 Å². The average molecular weight is 453 g/mol. The van der Waals surface area contributed by atoms with Gasteiger partial charge in [0.1, 0.15) is 10.6 Å². The second kappa shape index (κ2) is 7.52. The topological polar surface area (TPSA) is 75.7 Å². The van der Waals surface area contributed by atoms with E-state index in [2.05, 4.69) is 20.7 Å². The zero-order valence-corrected chi connectivity index (χ0v) is 17.7. The molecule has 2 aromatic rings. The molecule has 1 aliphatic rings. The van der Waals surface area contributed by atoms with Crippen molar-refractivity contribution in [3.8, 4) is 5.75 Å². The summed E-state index contributed by atoms with van der Waals surface area (Å²) in [6, 6.07) is 10.2. The number of carbonyl (C=O) groups excluding carboxylic acids is 1. The first-order valence-electron chi connectivity index (χ1n) is 8.61. The van der Waals surface area contributed by atoms with Crippen molar-refractivity contribution in [2.45, 2.75) is 38.1 Å². The molecule has 0 radical (unpaired) electrons. The van der Waals surface area contributed by atoms with Crippen molar-refractivity contribution in [1.82, 2.24) is 0 Å². The normalized spacial score (nSPS) is 16.1. The number of rotatable bonds is 5. The van der Waals surface area contributed by atoms with Crippen LogP contribution >= 0.6 is 15.9 Å². The van der Waals surface area contributed by atoms with Gasteiger partial charge in [-0.15, -0.1) is 0 Å². The molecular formula is C19H21BrN2O4S. The summed E-state index contributed by atoms with van der Waals surface area (Å²) in [5, 5.41) is 0. The first-order chi connectivity index (χ1) is 12.7. The molecule has 0 aliphatic carbocycles. The third kappa shape index (κ3) is 3.82. The number of sulfonamides is 1. The molecule has 1 aliphatic heterocycles. The first-order valence-corrected chi connectivity index (χ1v) is 10.9. The summed E-state index contributed by atoms with van der Waals surface area (Å²) in [5.41, 5.74) is 1.94. The van der Waals surface area contributed by atoms with Gasteiger partial charge >= 0.3 is 0 Å². The molecule has 6 nitrogen and oxygen atoms in total. The van der Waals surface area contributed by atoms with E-state index in [1.807, 2.05) is 13.8 Å². The van der Waals surface area contributed by atoms with Crippen molar-refractivity contribution in [3.05, 3.63) is 46.4 Å². The number of nitrogens with zero attached hydrogens (tertiary/aromatic N) is 1. The molecular weight excluding hydrogens is 432 g/mol. The van der Waals surface area contributed by atoms with Gasteiger partial charge in [-0.2, -0.15) is 0 Å². The Morgan fingerprint density at radius 2 is 2.04 bits per heavy atom. The van der Waals surface area contributed by atoms with E-state index < -0.39 is 10.0 Å². The Hall–Kier alpha value is -2.06. The summed E-state index contributed by atoms with van der Waals surface area (Å²) >= 11 is 3.37. The number of fused-ring (bicyclic) bond motifs is 1. The molecule has 1 heterocycles. The maximum Gasteiger partial charge on any atom is 0.263 e. The lowest BCUT2D eigenvalue weighted by molar-refractivity contribution is -0.116. The average Bonchev–Trinajstić information content (AvgIpc) is 2.90. The quantitative estimate of drug-likeness (QED) is 0.744. The minimum absolute atomic E-state index is 0.00556. The van der Waals surface area contributed by atoms with Crippen LogP contribution in [-0.2, 0) is 21.2 Å². The van der Waals surface area contributed by atoms with Gasteiger partial charge in [-0.05, 0) is 66.0 Å². The molecule has 8 heteroatoms. The van der Waals surface area contributed by atoms with Crippen molar-refractivity contribution in [2.75, 3.05) is 16.2 Å². The maximum absolute atomic E-state index is 13.0. The lowest BCUT2D eigenvalue weighted by Crippen LogP contribution is -2.33. The molecule has 1 N–H and O–H groups in total. The van der Waals surface area contributed by atoms with E-state index in [0.29, 0.717) is 34.6 Å². The van der Waals surface area contributed by atoms with Gasteiger partial charge in [0.05, 0.1) is 12.3 Å². The van der Waals surface area contributed by atoms with Crippen LogP contribution in [0.2, 0.25) is 0 Å². The van der Waals surface area contributed by atoms with Gasteiger partial charge in [-0.25, -0.2) is 8.42 Å². The van der Waals surface area contributed by atoms with Crippen LogP contribution in [0.15, 0.2) is 45.8 Å². The molecule has 0 aromatic heterocycles. The monoisotopic (exact) mass is 452 g/mol. The first kappa shape index (κ1) is 19.7. The number of halogens is 1. The molecule has 1 amide bonds. The number of anilines is 2. The van der Waals surface area contributed by atoms with Gasteiger partial charge in [0.2, 0.25) is 5.91 Å². The maximum atomic E-state index is 13.0. The largest absolute Gasteiger partial charge is 0.492 e. The molecule has 0 fully saturated rings. The van der Waals surface area contributed by atoms with Gasteiger partial charge < -0.3 is 9.64 Å². The summed E-state index contributed by atoms with van der Waals surface area (Å²) in [4.78, 5) is 13.7. The van der Waals surface area contributed by atoms with Crippen LogP contribution in [-0.4, -0.2) is 27.0 Å². The molecule has 27 heavy (non-hydrogen) atoms. The lowest BCUT2D eigenvalue weighted by Gasteiger charge is -2.21. The van der Waals surface area contributed by atoms with Gasteiger partial charge in [0, 0.05) is 23.1 Å². The van der Waals surface area contributed by atoms with Gasteiger partial charge in [0.15, 0.2) is 0 Å². The molecule has 144 valence electrons. The van der Waals surface area contributed by atoms with Crippen molar-refractivity contribution >= 4 is 43.2 Å². The molecule has 0 bridgehead atoms. The van der Waals surface area contributed by atoms with Crippen LogP contribution in [0, 0.1) is 0 Å². The molecule has 3 rings (SSSR count). The number of benzene rings is 2. The van der Waals surface area contributed by atoms with Crippen LogP contribution in [0.1, 0.15) is 26.3 Å². The number of para-hydroxylation sites is 2. The Kier molecular flexibility index (Phi) is 5.48. The molecule has 1 atom stereocenters. The van der Waals surface area contributed by atoms with Crippen molar-refractivity contribution in [2.24, 2.45) is 0 Å². The minimum Gasteiger partial charge on any atom is -0.492 e. The second-order valence-electron chi connectivity index (χ2n) is 6.39. The third-order valence-corrected chi connectivity index (χ3v) is 6.73. The predicted octanol–water partition coefficient (Wildman–Crippen LogP) is 3.95. The fourth-order valence-corrected chi connectivity index (χ4v) is 5.52. The summed E-state index contributed by atoms with van der Waals surface area (Å²) in [6.07, 6.45) is 0.689. The second-order valence-corrected chi connectivity index (χ2v) is 8.89. The van der Waals surface area contributed by atoms with Crippen molar-refractivity contribution in [1.29, 1.82) is 0 Å². The van der Waals surface area contributed by atoms with E-state index in [9.17, 15) is 13.2 Å². The van der Waals surface area contributed by atoms with E-state index in [-0.39, 0.29) is 16.8 Å². The molecule has 0 saturated heterocycles. The molecule has 2 aromatic carbocycles. The zero-order chi connectivity index (χ0) is 19.8. The number of carbonyl (C=O) groups is 1. The highest BCUT2D eigenvalue weighted by Gasteiger charge is 2.32. The van der Waals surface area contributed by atoms with Gasteiger partial charge in [0.25, 0.3) is 10.0 Å². The highest BCUT2D eigenvalue weighted by Crippen LogP contribution is 2.39. The van der Waals surface area contributed by atoms with E-state index >= 15 is 0 Å². The summed E-state index contributed by atoms with van der Waals surface area (Å²) in [5.74, 6) is 0.349. The van der Waals surface area contributed by atoms with Crippen LogP contribution in [0.4, 0.5) is 11.4 Å². The Morgan fingerprint density at radius 3 is 2.70 bits per heavy atom. The van der Waals surface area contributed by atoms with E-state index in [0.717, 1.165) is 5.56 Å². The van der Waals surface area contributed by atoms with Crippen molar-refractivity contribution in [3.63, 3.8) is 0 Å². The van der Waals surface area contributed by atoms with Crippen LogP contribution in [0.3, 0.4) is 0 Å². The van der Waals surface area contributed by atoms with E-state index in [1.54, 1.807) is 41.3 Å². The number of amides is 1. The highest BCUT2D eigenvalue weighted by molar-refractivity contribution is 9.10. The number of nitrogens with one attached hydrogen (secondary N) is 1. The summed E-state index contributed by atoms with van der Waals surface area (Å²) in [6.45, 7) is 5.69. The predicted molar refractivity (Wildman–Crippen MR) is 109 cm³/mol. The summed E-state index contributed by atoms with van der Waals surface area (Å²) in [7, 11) is -3.89. The standard InChI is InChI=1S/C19H21BrN2O4S/c1-4-26-18-8-6-5-7-16(18)21-27(24,25)19-11-17-14(10-15(19)20)9-12(2)22(17)13(3)23/h5-8,10-12,21H,4,9H2,1-3H3/t12-/m1/s1. The number of ether oxygens (including phenoxy) is 1. The Morgan fingerprint density at radius 1 is 1.33 bits per heavy atom. The third-order valence-electron chi connectivity index (χ3n) is 4.41. The number of hydrogen-bond donors (Lipinski definition) is 1. The van der Waals surface area contributed by atoms with E-state index in [4.69, 9.17) is 4.74 Å². The smallest absolute Gasteiger partial charge is 0.263 e. The fourth-order valence-electron chi connectivity index (χ4n) is 3.34. The van der Waals surface area contributed by atoms with E-state index in [1.165, 1.54) is 6.92 Å². The Bertz CT molecular complexity index is 991.